The normalized spacial score (nSPS) is 12.4. The van der Waals surface area contributed by atoms with E-state index in [4.69, 9.17) is 16.3 Å². The van der Waals surface area contributed by atoms with E-state index in [1.165, 1.54) is 0 Å². The highest BCUT2D eigenvalue weighted by molar-refractivity contribution is 6.31. The van der Waals surface area contributed by atoms with Crippen LogP contribution in [0.2, 0.25) is 5.02 Å². The first-order valence-corrected chi connectivity index (χ1v) is 7.53. The van der Waals surface area contributed by atoms with Gasteiger partial charge in [-0.15, -0.1) is 0 Å². The molecule has 1 aromatic carbocycles. The molecule has 1 aromatic heterocycles. The Morgan fingerprint density at radius 2 is 1.90 bits per heavy atom. The summed E-state index contributed by atoms with van der Waals surface area (Å²) in [6.45, 7) is 6.95. The molecule has 0 fully saturated rings. The zero-order valence-electron chi connectivity index (χ0n) is 12.6. The van der Waals surface area contributed by atoms with Gasteiger partial charge in [0.05, 0.1) is 0 Å². The summed E-state index contributed by atoms with van der Waals surface area (Å²) < 4.78 is 5.85. The van der Waals surface area contributed by atoms with Crippen LogP contribution >= 0.6 is 11.6 Å². The lowest BCUT2D eigenvalue weighted by molar-refractivity contribution is 0.217. The van der Waals surface area contributed by atoms with Crippen LogP contribution in [0.1, 0.15) is 38.0 Å². The van der Waals surface area contributed by atoms with Gasteiger partial charge in [0.25, 0.3) is 0 Å². The molecule has 0 amide bonds. The molecule has 0 radical (unpaired) electrons. The van der Waals surface area contributed by atoms with E-state index in [9.17, 15) is 0 Å². The van der Waals surface area contributed by atoms with Crippen molar-refractivity contribution in [1.29, 1.82) is 0 Å². The van der Waals surface area contributed by atoms with Gasteiger partial charge in [-0.3, -0.25) is 0 Å². The number of benzene rings is 1. The lowest BCUT2D eigenvalue weighted by atomic mass is 10.1. The lowest BCUT2D eigenvalue weighted by Gasteiger charge is -2.16. The summed E-state index contributed by atoms with van der Waals surface area (Å²) in [6, 6.07) is 12.3. The summed E-state index contributed by atoms with van der Waals surface area (Å²) in [5, 5.41) is 3.88. The summed E-state index contributed by atoms with van der Waals surface area (Å²) in [7, 11) is 0. The average Bonchev–Trinajstić information content (AvgIpc) is 2.48. The Kier molecular flexibility index (Phi) is 5.59. The Hall–Kier alpha value is -1.58. The Morgan fingerprint density at radius 1 is 1.19 bits per heavy atom. The molecule has 0 spiro atoms. The fourth-order valence-electron chi connectivity index (χ4n) is 1.93. The lowest BCUT2D eigenvalue weighted by Crippen LogP contribution is -2.21. The van der Waals surface area contributed by atoms with Gasteiger partial charge in [-0.2, -0.15) is 0 Å². The molecule has 0 saturated heterocycles. The largest absolute Gasteiger partial charge is 0.469 e. The van der Waals surface area contributed by atoms with Crippen LogP contribution in [0.15, 0.2) is 42.6 Å². The van der Waals surface area contributed by atoms with Crippen LogP contribution in [0.25, 0.3) is 0 Å². The van der Waals surface area contributed by atoms with E-state index >= 15 is 0 Å². The van der Waals surface area contributed by atoms with E-state index < -0.39 is 0 Å². The molecule has 1 heterocycles. The quantitative estimate of drug-likeness (QED) is 0.860. The van der Waals surface area contributed by atoms with Crippen molar-refractivity contribution in [2.45, 2.75) is 39.5 Å². The Bertz CT molecular complexity index is 572. The molecule has 2 rings (SSSR count). The molecule has 1 unspecified atom stereocenters. The molecule has 112 valence electrons. The first kappa shape index (κ1) is 15.8. The van der Waals surface area contributed by atoms with Crippen molar-refractivity contribution in [2.75, 3.05) is 0 Å². The van der Waals surface area contributed by atoms with E-state index in [0.29, 0.717) is 16.9 Å². The minimum atomic E-state index is -0.0872. The van der Waals surface area contributed by atoms with Crippen LogP contribution in [-0.4, -0.2) is 11.0 Å². The average molecular weight is 305 g/mol. The maximum absolute atomic E-state index is 6.26. The first-order chi connectivity index (χ1) is 10.1. The highest BCUT2D eigenvalue weighted by Crippen LogP contribution is 2.27. The summed E-state index contributed by atoms with van der Waals surface area (Å²) in [5.41, 5.74) is 2.15. The molecular weight excluding hydrogens is 284 g/mol. The van der Waals surface area contributed by atoms with Crippen LogP contribution in [0.3, 0.4) is 0 Å². The number of pyridine rings is 1. The van der Waals surface area contributed by atoms with Crippen LogP contribution in [0.4, 0.5) is 0 Å². The van der Waals surface area contributed by atoms with Gasteiger partial charge >= 0.3 is 0 Å². The summed E-state index contributed by atoms with van der Waals surface area (Å²) in [5.74, 6) is 0.473. The second-order valence-electron chi connectivity index (χ2n) is 5.34. The highest BCUT2D eigenvalue weighted by Gasteiger charge is 2.11. The van der Waals surface area contributed by atoms with E-state index in [2.05, 4.69) is 24.1 Å². The number of ether oxygens (including phenoxy) is 1. The van der Waals surface area contributed by atoms with Crippen LogP contribution in [0, 0.1) is 0 Å². The topological polar surface area (TPSA) is 34.2 Å². The predicted molar refractivity (Wildman–Crippen MR) is 86.7 cm³/mol. The number of aromatic nitrogens is 1. The molecule has 2 aromatic rings. The van der Waals surface area contributed by atoms with Gasteiger partial charge in [-0.05, 0) is 24.1 Å². The van der Waals surface area contributed by atoms with Crippen molar-refractivity contribution < 1.29 is 4.74 Å². The zero-order chi connectivity index (χ0) is 15.2. The molecule has 0 bridgehead atoms. The zero-order valence-corrected chi connectivity index (χ0v) is 13.4. The monoisotopic (exact) mass is 304 g/mol. The van der Waals surface area contributed by atoms with Crippen molar-refractivity contribution in [3.63, 3.8) is 0 Å². The Balaban J connectivity index is 2.04. The van der Waals surface area contributed by atoms with E-state index in [1.807, 2.05) is 43.3 Å². The van der Waals surface area contributed by atoms with Gasteiger partial charge in [-0.25, -0.2) is 4.98 Å². The number of nitrogens with one attached hydrogen (secondary N) is 1. The van der Waals surface area contributed by atoms with Gasteiger partial charge in [0.1, 0.15) is 11.1 Å². The fraction of sp³-hybridized carbons (Fsp3) is 0.353. The second-order valence-corrected chi connectivity index (χ2v) is 5.74. The van der Waals surface area contributed by atoms with Gasteiger partial charge in [0, 0.05) is 18.8 Å². The number of rotatable bonds is 6. The molecule has 3 nitrogen and oxygen atoms in total. The number of halogens is 1. The van der Waals surface area contributed by atoms with E-state index in [0.717, 1.165) is 17.7 Å². The second kappa shape index (κ2) is 7.43. The van der Waals surface area contributed by atoms with Crippen molar-refractivity contribution in [1.82, 2.24) is 10.3 Å². The minimum absolute atomic E-state index is 0.0872. The molecule has 21 heavy (non-hydrogen) atoms. The summed E-state index contributed by atoms with van der Waals surface area (Å²) in [4.78, 5) is 4.33. The summed E-state index contributed by atoms with van der Waals surface area (Å²) in [6.07, 6.45) is 1.71. The minimum Gasteiger partial charge on any atom is -0.469 e. The van der Waals surface area contributed by atoms with Crippen molar-refractivity contribution in [3.05, 3.63) is 58.7 Å². The van der Waals surface area contributed by atoms with Crippen molar-refractivity contribution in [3.8, 4) is 5.88 Å². The van der Waals surface area contributed by atoms with Gasteiger partial charge in [0.15, 0.2) is 0 Å². The Labute approximate surface area is 131 Å². The van der Waals surface area contributed by atoms with E-state index in [-0.39, 0.29) is 6.10 Å². The first-order valence-electron chi connectivity index (χ1n) is 7.15. The number of hydrogen-bond acceptors (Lipinski definition) is 3. The third-order valence-corrected chi connectivity index (χ3v) is 3.41. The highest BCUT2D eigenvalue weighted by atomic mass is 35.5. The van der Waals surface area contributed by atoms with Crippen LogP contribution < -0.4 is 10.1 Å². The molecule has 0 aliphatic rings. The molecule has 0 aliphatic heterocycles. The van der Waals surface area contributed by atoms with Gasteiger partial charge < -0.3 is 10.1 Å². The summed E-state index contributed by atoms with van der Waals surface area (Å²) >= 11 is 6.26. The Morgan fingerprint density at radius 3 is 2.52 bits per heavy atom. The maximum atomic E-state index is 6.26. The third-order valence-electron chi connectivity index (χ3n) is 3.14. The van der Waals surface area contributed by atoms with Crippen LogP contribution in [-0.2, 0) is 6.54 Å². The van der Waals surface area contributed by atoms with Crippen LogP contribution in [0.5, 0.6) is 5.88 Å². The maximum Gasteiger partial charge on any atom is 0.233 e. The smallest absolute Gasteiger partial charge is 0.233 e. The standard InChI is InChI=1S/C17H21ClN2O/c1-12(2)19-10-14-9-16(18)17(20-11-14)21-13(3)15-7-5-4-6-8-15/h4-9,11-13,19H,10H2,1-3H3. The number of hydrogen-bond donors (Lipinski definition) is 1. The SMILES string of the molecule is CC(C)NCc1cnc(OC(C)c2ccccc2)c(Cl)c1. The fourth-order valence-corrected chi connectivity index (χ4v) is 2.16. The van der Waals surface area contributed by atoms with Crippen molar-refractivity contribution >= 4 is 11.6 Å². The molecule has 0 aliphatic carbocycles. The van der Waals surface area contributed by atoms with Gasteiger partial charge in [-0.1, -0.05) is 55.8 Å². The third kappa shape index (κ3) is 4.73. The molecule has 0 saturated carbocycles. The molecule has 1 N–H and O–H groups in total. The molecule has 1 atom stereocenters. The molecule has 4 heteroatoms. The molecular formula is C17H21ClN2O. The number of nitrogens with zero attached hydrogens (tertiary/aromatic N) is 1. The predicted octanol–water partition coefficient (Wildman–Crippen LogP) is 4.37. The van der Waals surface area contributed by atoms with Gasteiger partial charge in [0.2, 0.25) is 5.88 Å². The van der Waals surface area contributed by atoms with Crippen molar-refractivity contribution in [2.24, 2.45) is 0 Å². The van der Waals surface area contributed by atoms with E-state index in [1.54, 1.807) is 6.20 Å².